The Morgan fingerprint density at radius 2 is 2.00 bits per heavy atom. The minimum atomic E-state index is -1.79. The molecular formula is C23H31FO3. The number of alkyl halides is 1. The first-order valence-electron chi connectivity index (χ1n) is 10.4. The molecule has 0 radical (unpaired) electrons. The second-order valence-corrected chi connectivity index (χ2v) is 9.83. The first-order chi connectivity index (χ1) is 12.6. The van der Waals surface area contributed by atoms with Crippen molar-refractivity contribution in [1.82, 2.24) is 0 Å². The minimum Gasteiger partial charge on any atom is -0.390 e. The van der Waals surface area contributed by atoms with Crippen molar-refractivity contribution < 1.29 is 19.1 Å². The summed E-state index contributed by atoms with van der Waals surface area (Å²) < 4.78 is 16.9. The van der Waals surface area contributed by atoms with Crippen LogP contribution in [0.2, 0.25) is 0 Å². The Hall–Kier alpha value is -1.29. The van der Waals surface area contributed by atoms with Crippen molar-refractivity contribution in [3.8, 4) is 0 Å². The monoisotopic (exact) mass is 374 g/mol. The lowest BCUT2D eigenvalue weighted by molar-refractivity contribution is -0.200. The average molecular weight is 374 g/mol. The fourth-order valence-corrected chi connectivity index (χ4v) is 7.37. The molecule has 0 aromatic carbocycles. The van der Waals surface area contributed by atoms with Crippen LogP contribution in [0.1, 0.15) is 59.8 Å². The Morgan fingerprint density at radius 3 is 2.67 bits per heavy atom. The number of aliphatic hydroxyl groups is 1. The molecule has 4 aliphatic rings. The van der Waals surface area contributed by atoms with Crippen molar-refractivity contribution in [3.63, 3.8) is 0 Å². The van der Waals surface area contributed by atoms with Gasteiger partial charge in [-0.25, -0.2) is 4.39 Å². The second kappa shape index (κ2) is 5.85. The second-order valence-electron chi connectivity index (χ2n) is 9.83. The largest absolute Gasteiger partial charge is 0.390 e. The fraction of sp³-hybridized carbons (Fsp3) is 0.739. The van der Waals surface area contributed by atoms with Crippen LogP contribution in [0.15, 0.2) is 23.8 Å². The number of halogens is 1. The topological polar surface area (TPSA) is 54.4 Å². The van der Waals surface area contributed by atoms with Crippen molar-refractivity contribution in [2.24, 2.45) is 34.5 Å². The molecule has 4 rings (SSSR count). The molecule has 0 saturated heterocycles. The minimum absolute atomic E-state index is 0.0739. The highest BCUT2D eigenvalue weighted by Crippen LogP contribution is 2.69. The molecule has 0 aliphatic heterocycles. The molecular weight excluding hydrogens is 343 g/mol. The van der Waals surface area contributed by atoms with Crippen LogP contribution >= 0.6 is 0 Å². The quantitative estimate of drug-likeness (QED) is 0.788. The van der Waals surface area contributed by atoms with Gasteiger partial charge in [-0.15, -0.1) is 0 Å². The summed E-state index contributed by atoms with van der Waals surface area (Å²) in [6.07, 6.45) is 6.70. The SMILES string of the molecule is CCC(=O)C1CCC2C3C[C@H](C)C4=CC(=O)C=CC4(C)[C@@]3(F)C(O)CC12C. The Kier molecular flexibility index (Phi) is 4.13. The lowest BCUT2D eigenvalue weighted by atomic mass is 9.43. The van der Waals surface area contributed by atoms with E-state index in [2.05, 4.69) is 13.8 Å². The maximum absolute atomic E-state index is 16.9. The third kappa shape index (κ3) is 2.22. The van der Waals surface area contributed by atoms with E-state index in [0.29, 0.717) is 19.3 Å². The number of carbonyl (C=O) groups is 2. The van der Waals surface area contributed by atoms with E-state index in [-0.39, 0.29) is 40.7 Å². The van der Waals surface area contributed by atoms with Gasteiger partial charge in [0.1, 0.15) is 5.78 Å². The normalized spacial score (nSPS) is 51.3. The number of ketones is 2. The van der Waals surface area contributed by atoms with Gasteiger partial charge < -0.3 is 5.11 Å². The molecule has 0 amide bonds. The summed E-state index contributed by atoms with van der Waals surface area (Å²) in [5.41, 5.74) is -2.28. The van der Waals surface area contributed by atoms with E-state index in [1.165, 1.54) is 6.08 Å². The van der Waals surface area contributed by atoms with Gasteiger partial charge in [0.15, 0.2) is 11.5 Å². The number of hydrogen-bond donors (Lipinski definition) is 1. The molecule has 6 unspecified atom stereocenters. The van der Waals surface area contributed by atoms with E-state index in [4.69, 9.17) is 0 Å². The van der Waals surface area contributed by atoms with Gasteiger partial charge in [0, 0.05) is 23.7 Å². The third-order valence-electron chi connectivity index (χ3n) is 8.70. The Morgan fingerprint density at radius 1 is 1.30 bits per heavy atom. The first-order valence-corrected chi connectivity index (χ1v) is 10.4. The predicted octanol–water partition coefficient (Wildman–Crippen LogP) is 4.20. The molecule has 0 aromatic rings. The number of aliphatic hydroxyl groups excluding tert-OH is 1. The lowest BCUT2D eigenvalue weighted by Crippen LogP contribution is -2.67. The molecule has 4 aliphatic carbocycles. The van der Waals surface area contributed by atoms with Crippen molar-refractivity contribution in [3.05, 3.63) is 23.8 Å². The number of allylic oxidation sites excluding steroid dienone is 4. The van der Waals surface area contributed by atoms with E-state index in [0.717, 1.165) is 18.4 Å². The Bertz CT molecular complexity index is 755. The summed E-state index contributed by atoms with van der Waals surface area (Å²) in [6, 6.07) is 0. The maximum Gasteiger partial charge on any atom is 0.178 e. The van der Waals surface area contributed by atoms with Crippen LogP contribution in [-0.4, -0.2) is 28.4 Å². The summed E-state index contributed by atoms with van der Waals surface area (Å²) >= 11 is 0. The summed E-state index contributed by atoms with van der Waals surface area (Å²) in [5, 5.41) is 11.2. The maximum atomic E-state index is 16.9. The molecule has 27 heavy (non-hydrogen) atoms. The van der Waals surface area contributed by atoms with Crippen LogP contribution in [-0.2, 0) is 9.59 Å². The van der Waals surface area contributed by atoms with Gasteiger partial charge in [0.2, 0.25) is 0 Å². The summed E-state index contributed by atoms with van der Waals surface area (Å²) in [4.78, 5) is 24.5. The van der Waals surface area contributed by atoms with Gasteiger partial charge in [-0.05, 0) is 62.0 Å². The molecule has 0 heterocycles. The fourth-order valence-electron chi connectivity index (χ4n) is 7.37. The van der Waals surface area contributed by atoms with Gasteiger partial charge in [0.05, 0.1) is 6.10 Å². The predicted molar refractivity (Wildman–Crippen MR) is 102 cm³/mol. The molecule has 148 valence electrons. The van der Waals surface area contributed by atoms with E-state index < -0.39 is 17.2 Å². The summed E-state index contributed by atoms with van der Waals surface area (Å²) in [7, 11) is 0. The van der Waals surface area contributed by atoms with Crippen LogP contribution in [0.25, 0.3) is 0 Å². The number of carbonyl (C=O) groups excluding carboxylic acids is 2. The average Bonchev–Trinajstić information content (AvgIpc) is 2.95. The molecule has 8 atom stereocenters. The van der Waals surface area contributed by atoms with E-state index in [9.17, 15) is 14.7 Å². The van der Waals surface area contributed by atoms with Crippen molar-refractivity contribution in [1.29, 1.82) is 0 Å². The van der Waals surface area contributed by atoms with Crippen molar-refractivity contribution in [2.75, 3.05) is 0 Å². The zero-order chi connectivity index (χ0) is 19.8. The molecule has 0 bridgehead atoms. The van der Waals surface area contributed by atoms with Gasteiger partial charge >= 0.3 is 0 Å². The van der Waals surface area contributed by atoms with Crippen LogP contribution in [0.3, 0.4) is 0 Å². The molecule has 4 heteroatoms. The zero-order valence-electron chi connectivity index (χ0n) is 16.8. The lowest BCUT2D eigenvalue weighted by Gasteiger charge is -2.63. The molecule has 0 aromatic heterocycles. The number of rotatable bonds is 2. The van der Waals surface area contributed by atoms with Crippen molar-refractivity contribution in [2.45, 2.75) is 71.6 Å². The number of Topliss-reactive ketones (excluding diaryl/α,β-unsaturated/α-hetero) is 1. The molecule has 0 spiro atoms. The van der Waals surface area contributed by atoms with Crippen LogP contribution in [0, 0.1) is 34.5 Å². The first kappa shape index (κ1) is 19.0. The van der Waals surface area contributed by atoms with Gasteiger partial charge in [-0.3, -0.25) is 9.59 Å². The third-order valence-corrected chi connectivity index (χ3v) is 8.70. The van der Waals surface area contributed by atoms with E-state index in [1.54, 1.807) is 12.2 Å². The van der Waals surface area contributed by atoms with Crippen LogP contribution in [0.5, 0.6) is 0 Å². The van der Waals surface area contributed by atoms with Crippen LogP contribution < -0.4 is 0 Å². The van der Waals surface area contributed by atoms with Crippen molar-refractivity contribution >= 4 is 11.6 Å². The standard InChI is InChI=1S/C23H31FO3/c1-5-19(26)16-7-6-15-18-10-13(2)17-11-14(25)8-9-22(17,4)23(18,24)20(27)12-21(15,16)3/h8-9,11,13,15-16,18,20,27H,5-7,10,12H2,1-4H3/t13-,15?,16?,18?,20?,21?,22?,23-/m0/s1. The Labute approximate surface area is 161 Å². The summed E-state index contributed by atoms with van der Waals surface area (Å²) in [6.45, 7) is 7.91. The van der Waals surface area contributed by atoms with Gasteiger partial charge in [-0.2, -0.15) is 0 Å². The molecule has 3 fully saturated rings. The van der Waals surface area contributed by atoms with Crippen LogP contribution in [0.4, 0.5) is 4.39 Å². The molecule has 1 N–H and O–H groups in total. The van der Waals surface area contributed by atoms with Gasteiger partial charge in [0.25, 0.3) is 0 Å². The van der Waals surface area contributed by atoms with Gasteiger partial charge in [-0.1, -0.05) is 32.4 Å². The highest BCUT2D eigenvalue weighted by atomic mass is 19.1. The zero-order valence-corrected chi connectivity index (χ0v) is 16.8. The molecule has 3 saturated carbocycles. The number of hydrogen-bond acceptors (Lipinski definition) is 3. The summed E-state index contributed by atoms with van der Waals surface area (Å²) in [5.74, 6) is -0.0315. The van der Waals surface area contributed by atoms with E-state index in [1.807, 2.05) is 13.8 Å². The molecule has 3 nitrogen and oxygen atoms in total. The van der Waals surface area contributed by atoms with E-state index >= 15 is 4.39 Å². The Balaban J connectivity index is 1.81. The highest BCUT2D eigenvalue weighted by Gasteiger charge is 2.71. The highest BCUT2D eigenvalue weighted by molar-refractivity contribution is 6.01. The smallest absolute Gasteiger partial charge is 0.178 e. The number of fused-ring (bicyclic) bond motifs is 5.